The van der Waals surface area contributed by atoms with Gasteiger partial charge in [-0.05, 0) is 12.8 Å². The molecule has 0 unspecified atom stereocenters. The molecule has 0 heterocycles. The first kappa shape index (κ1) is 10.9. The zero-order valence-electron chi connectivity index (χ0n) is 7.70. The second-order valence-electron chi connectivity index (χ2n) is 3.50. The Labute approximate surface area is 79.4 Å². The van der Waals surface area contributed by atoms with E-state index >= 15 is 0 Å². The van der Waals surface area contributed by atoms with Gasteiger partial charge in [0.15, 0.2) is 0 Å². The van der Waals surface area contributed by atoms with E-state index < -0.39 is 10.0 Å². The molecule has 1 rings (SSSR count). The minimum absolute atomic E-state index is 0.102. The van der Waals surface area contributed by atoms with Crippen molar-refractivity contribution >= 4 is 10.0 Å². The van der Waals surface area contributed by atoms with Crippen molar-refractivity contribution in [3.63, 3.8) is 0 Å². The highest BCUT2D eigenvalue weighted by Gasteiger charge is 2.19. The summed E-state index contributed by atoms with van der Waals surface area (Å²) in [6, 6.07) is 0.102. The number of sulfonamides is 1. The van der Waals surface area contributed by atoms with Crippen molar-refractivity contribution in [3.05, 3.63) is 0 Å². The lowest BCUT2D eigenvalue weighted by atomic mass is 9.96. The second-order valence-corrected chi connectivity index (χ2v) is 5.37. The molecule has 0 amide bonds. The summed E-state index contributed by atoms with van der Waals surface area (Å²) in [5, 5.41) is 8.51. The SMILES string of the molecule is O=S(=O)(CCO)NC1CCCCC1. The van der Waals surface area contributed by atoms with E-state index in [1.165, 1.54) is 6.42 Å². The van der Waals surface area contributed by atoms with E-state index in [4.69, 9.17) is 5.11 Å². The van der Waals surface area contributed by atoms with Crippen LogP contribution >= 0.6 is 0 Å². The molecular formula is C8H17NO3S. The van der Waals surface area contributed by atoms with Gasteiger partial charge in [-0.15, -0.1) is 0 Å². The van der Waals surface area contributed by atoms with Gasteiger partial charge in [0.25, 0.3) is 0 Å². The van der Waals surface area contributed by atoms with E-state index in [-0.39, 0.29) is 18.4 Å². The van der Waals surface area contributed by atoms with Crippen LogP contribution < -0.4 is 4.72 Å². The van der Waals surface area contributed by atoms with Gasteiger partial charge in [0.2, 0.25) is 10.0 Å². The van der Waals surface area contributed by atoms with Gasteiger partial charge in [0.1, 0.15) is 0 Å². The lowest BCUT2D eigenvalue weighted by molar-refractivity contribution is 0.318. The monoisotopic (exact) mass is 207 g/mol. The molecule has 2 N–H and O–H groups in total. The van der Waals surface area contributed by atoms with Crippen molar-refractivity contribution < 1.29 is 13.5 Å². The van der Waals surface area contributed by atoms with E-state index in [1.54, 1.807) is 0 Å². The molecule has 1 fully saturated rings. The molecule has 0 radical (unpaired) electrons. The normalized spacial score (nSPS) is 20.4. The zero-order valence-corrected chi connectivity index (χ0v) is 8.52. The van der Waals surface area contributed by atoms with Gasteiger partial charge in [0, 0.05) is 6.04 Å². The van der Waals surface area contributed by atoms with Crippen molar-refractivity contribution in [2.24, 2.45) is 0 Å². The number of hydrogen-bond donors (Lipinski definition) is 2. The van der Waals surface area contributed by atoms with Crippen molar-refractivity contribution in [1.82, 2.24) is 4.72 Å². The van der Waals surface area contributed by atoms with Crippen LogP contribution in [0.25, 0.3) is 0 Å². The van der Waals surface area contributed by atoms with E-state index in [2.05, 4.69) is 4.72 Å². The Bertz CT molecular complexity index is 232. The second kappa shape index (κ2) is 4.93. The predicted molar refractivity (Wildman–Crippen MR) is 50.9 cm³/mol. The largest absolute Gasteiger partial charge is 0.395 e. The fourth-order valence-electron chi connectivity index (χ4n) is 1.65. The van der Waals surface area contributed by atoms with E-state index in [9.17, 15) is 8.42 Å². The lowest BCUT2D eigenvalue weighted by Crippen LogP contribution is -2.38. The highest BCUT2D eigenvalue weighted by atomic mass is 32.2. The van der Waals surface area contributed by atoms with E-state index in [1.807, 2.05) is 0 Å². The van der Waals surface area contributed by atoms with Gasteiger partial charge in [-0.25, -0.2) is 13.1 Å². The third kappa shape index (κ3) is 4.06. The predicted octanol–water partition coefficient (Wildman–Crippen LogP) is 0.231. The van der Waals surface area contributed by atoms with Gasteiger partial charge in [-0.1, -0.05) is 19.3 Å². The highest BCUT2D eigenvalue weighted by Crippen LogP contribution is 2.17. The molecular weight excluding hydrogens is 190 g/mol. The van der Waals surface area contributed by atoms with E-state index in [0.29, 0.717) is 0 Å². The summed E-state index contributed by atoms with van der Waals surface area (Å²) in [5.74, 6) is -0.177. The Balaban J connectivity index is 2.37. The minimum atomic E-state index is -3.23. The maximum absolute atomic E-state index is 11.2. The van der Waals surface area contributed by atoms with Crippen molar-refractivity contribution in [3.8, 4) is 0 Å². The standard InChI is InChI=1S/C8H17NO3S/c10-6-7-13(11,12)9-8-4-2-1-3-5-8/h8-10H,1-7H2. The van der Waals surface area contributed by atoms with Crippen LogP contribution in [0, 0.1) is 0 Å². The molecule has 1 saturated carbocycles. The Hall–Kier alpha value is -0.130. The number of aliphatic hydroxyl groups excluding tert-OH is 1. The van der Waals surface area contributed by atoms with Crippen LogP contribution in [0.3, 0.4) is 0 Å². The molecule has 0 atom stereocenters. The van der Waals surface area contributed by atoms with Crippen LogP contribution in [0.5, 0.6) is 0 Å². The number of rotatable bonds is 4. The van der Waals surface area contributed by atoms with Crippen LogP contribution in [0.15, 0.2) is 0 Å². The van der Waals surface area contributed by atoms with Crippen LogP contribution in [-0.4, -0.2) is 31.9 Å². The van der Waals surface area contributed by atoms with Crippen molar-refractivity contribution in [1.29, 1.82) is 0 Å². The molecule has 5 heteroatoms. The van der Waals surface area contributed by atoms with Gasteiger partial charge >= 0.3 is 0 Å². The molecule has 1 aliphatic carbocycles. The average Bonchev–Trinajstić information content (AvgIpc) is 2.04. The van der Waals surface area contributed by atoms with Crippen LogP contribution in [0.2, 0.25) is 0 Å². The summed E-state index contributed by atoms with van der Waals surface area (Å²) in [4.78, 5) is 0. The first-order chi connectivity index (χ1) is 6.14. The van der Waals surface area contributed by atoms with Crippen molar-refractivity contribution in [2.75, 3.05) is 12.4 Å². The fourth-order valence-corrected chi connectivity index (χ4v) is 2.76. The Morgan fingerprint density at radius 3 is 2.38 bits per heavy atom. The van der Waals surface area contributed by atoms with Crippen molar-refractivity contribution in [2.45, 2.75) is 38.1 Å². The first-order valence-corrected chi connectivity index (χ1v) is 6.40. The lowest BCUT2D eigenvalue weighted by Gasteiger charge is -2.22. The minimum Gasteiger partial charge on any atom is -0.395 e. The number of hydrogen-bond acceptors (Lipinski definition) is 3. The van der Waals surface area contributed by atoms with Crippen LogP contribution in [0.4, 0.5) is 0 Å². The Morgan fingerprint density at radius 1 is 1.23 bits per heavy atom. The highest BCUT2D eigenvalue weighted by molar-refractivity contribution is 7.89. The first-order valence-electron chi connectivity index (χ1n) is 4.75. The van der Waals surface area contributed by atoms with Gasteiger partial charge in [-0.3, -0.25) is 0 Å². The maximum Gasteiger partial charge on any atom is 0.214 e. The number of aliphatic hydroxyl groups is 1. The summed E-state index contributed by atoms with van der Waals surface area (Å²) in [7, 11) is -3.23. The zero-order chi connectivity index (χ0) is 9.73. The summed E-state index contributed by atoms with van der Waals surface area (Å²) >= 11 is 0. The molecule has 0 aromatic heterocycles. The molecule has 0 aromatic rings. The average molecular weight is 207 g/mol. The maximum atomic E-state index is 11.2. The smallest absolute Gasteiger partial charge is 0.214 e. The summed E-state index contributed by atoms with van der Waals surface area (Å²) in [6.45, 7) is -0.304. The fraction of sp³-hybridized carbons (Fsp3) is 1.00. The molecule has 4 nitrogen and oxygen atoms in total. The summed E-state index contributed by atoms with van der Waals surface area (Å²) in [6.07, 6.45) is 5.28. The molecule has 1 aliphatic rings. The topological polar surface area (TPSA) is 66.4 Å². The summed E-state index contributed by atoms with van der Waals surface area (Å²) in [5.41, 5.74) is 0. The molecule has 0 aromatic carbocycles. The van der Waals surface area contributed by atoms with Gasteiger partial charge < -0.3 is 5.11 Å². The third-order valence-corrected chi connectivity index (χ3v) is 3.72. The third-order valence-electron chi connectivity index (χ3n) is 2.31. The summed E-state index contributed by atoms with van der Waals surface area (Å²) < 4.78 is 25.1. The quantitative estimate of drug-likeness (QED) is 0.693. The van der Waals surface area contributed by atoms with Crippen LogP contribution in [-0.2, 0) is 10.0 Å². The molecule has 0 spiro atoms. The van der Waals surface area contributed by atoms with Gasteiger partial charge in [0.05, 0.1) is 12.4 Å². The molecule has 0 bridgehead atoms. The Morgan fingerprint density at radius 2 is 1.85 bits per heavy atom. The molecule has 78 valence electrons. The molecule has 0 saturated heterocycles. The molecule has 0 aliphatic heterocycles. The Kier molecular flexibility index (Phi) is 4.15. The van der Waals surface area contributed by atoms with E-state index in [0.717, 1.165) is 25.7 Å². The van der Waals surface area contributed by atoms with Gasteiger partial charge in [-0.2, -0.15) is 0 Å². The number of nitrogens with one attached hydrogen (secondary N) is 1. The molecule has 13 heavy (non-hydrogen) atoms. The van der Waals surface area contributed by atoms with Crippen LogP contribution in [0.1, 0.15) is 32.1 Å².